The van der Waals surface area contributed by atoms with Gasteiger partial charge in [0.05, 0.1) is 17.9 Å². The van der Waals surface area contributed by atoms with E-state index in [2.05, 4.69) is 25.9 Å². The van der Waals surface area contributed by atoms with Gasteiger partial charge in [-0.3, -0.25) is 28.8 Å². The Morgan fingerprint density at radius 1 is 1.02 bits per heavy atom. The van der Waals surface area contributed by atoms with Crippen LogP contribution in [0.15, 0.2) is 42.9 Å². The van der Waals surface area contributed by atoms with Crippen LogP contribution >= 0.6 is 0 Å². The summed E-state index contributed by atoms with van der Waals surface area (Å²) in [4.78, 5) is 62.6. The van der Waals surface area contributed by atoms with Gasteiger partial charge in [0.1, 0.15) is 30.4 Å². The molecule has 4 heterocycles. The van der Waals surface area contributed by atoms with Crippen molar-refractivity contribution >= 4 is 23.6 Å². The summed E-state index contributed by atoms with van der Waals surface area (Å²) in [7, 11) is 1.50. The van der Waals surface area contributed by atoms with Gasteiger partial charge in [0.25, 0.3) is 5.91 Å². The molecule has 54 heavy (non-hydrogen) atoms. The maximum absolute atomic E-state index is 15.2. The molecule has 3 aromatic rings. The van der Waals surface area contributed by atoms with E-state index in [9.17, 15) is 28.7 Å². The van der Waals surface area contributed by atoms with E-state index in [-0.39, 0.29) is 49.8 Å². The highest BCUT2D eigenvalue weighted by Crippen LogP contribution is 2.28. The van der Waals surface area contributed by atoms with Gasteiger partial charge in [-0.2, -0.15) is 4.39 Å². The number of pyridine rings is 1. The SMILES string of the molecule is CC(C)C[C@H]1NC(=O)c2ccc(F)c(F)c2OCc2cn(nn2)CCCCCCCCNC(=O)[C@H](Cc2cccnc2)N(C)C(=O)[C@H]2C[C@H](O)CN2C1=O. The number of ether oxygens (including phenoxy) is 1. The molecule has 3 N–H and O–H groups in total. The van der Waals surface area contributed by atoms with E-state index >= 15 is 4.39 Å². The number of nitrogens with one attached hydrogen (secondary N) is 2. The number of likely N-dealkylation sites (N-methyl/N-ethyl adjacent to an activating group) is 1. The average Bonchev–Trinajstić information content (AvgIpc) is 3.78. The fourth-order valence-electron chi connectivity index (χ4n) is 6.90. The molecule has 1 saturated heterocycles. The minimum atomic E-state index is -1.38. The Kier molecular flexibility index (Phi) is 14.0. The molecule has 4 atom stereocenters. The lowest BCUT2D eigenvalue weighted by Crippen LogP contribution is -2.57. The largest absolute Gasteiger partial charge is 0.483 e. The van der Waals surface area contributed by atoms with Crippen LogP contribution < -0.4 is 15.4 Å². The van der Waals surface area contributed by atoms with E-state index in [4.69, 9.17) is 4.74 Å². The molecule has 5 rings (SSSR count). The Morgan fingerprint density at radius 3 is 2.52 bits per heavy atom. The van der Waals surface area contributed by atoms with Crippen molar-refractivity contribution in [3.63, 3.8) is 0 Å². The molecule has 0 radical (unpaired) electrons. The van der Waals surface area contributed by atoms with Crippen LogP contribution in [0.4, 0.5) is 8.78 Å². The molecule has 0 unspecified atom stereocenters. The molecule has 1 fully saturated rings. The van der Waals surface area contributed by atoms with Gasteiger partial charge in [-0.05, 0) is 48.9 Å². The van der Waals surface area contributed by atoms with E-state index in [1.807, 2.05) is 19.9 Å². The second kappa shape index (κ2) is 18.9. The van der Waals surface area contributed by atoms with Crippen molar-refractivity contribution < 1.29 is 37.8 Å². The molecule has 4 amide bonds. The first-order chi connectivity index (χ1) is 25.9. The number of halogens is 2. The third-order valence-electron chi connectivity index (χ3n) is 9.79. The lowest BCUT2D eigenvalue weighted by atomic mass is 10.0. The summed E-state index contributed by atoms with van der Waals surface area (Å²) >= 11 is 0. The molecule has 0 saturated carbocycles. The van der Waals surface area contributed by atoms with Gasteiger partial charge in [-0.25, -0.2) is 4.39 Å². The van der Waals surface area contributed by atoms with Crippen molar-refractivity contribution in [2.45, 2.75) is 109 Å². The lowest BCUT2D eigenvalue weighted by Gasteiger charge is -2.34. The number of carbonyl (C=O) groups excluding carboxylic acids is 4. The van der Waals surface area contributed by atoms with E-state index in [0.29, 0.717) is 18.8 Å². The highest BCUT2D eigenvalue weighted by atomic mass is 19.2. The Bertz CT molecular complexity index is 1760. The van der Waals surface area contributed by atoms with Crippen molar-refractivity contribution in [1.29, 1.82) is 0 Å². The van der Waals surface area contributed by atoms with Crippen LogP contribution in [-0.4, -0.2) is 103 Å². The second-order valence-electron chi connectivity index (χ2n) is 14.5. The zero-order valence-corrected chi connectivity index (χ0v) is 31.0. The zero-order valence-electron chi connectivity index (χ0n) is 31.0. The first kappa shape index (κ1) is 40.2. The number of nitrogens with zero attached hydrogens (tertiary/aromatic N) is 6. The molecule has 14 nitrogen and oxygen atoms in total. The number of fused-ring (bicyclic) bond motifs is 4. The van der Waals surface area contributed by atoms with Gasteiger partial charge in [-0.1, -0.05) is 50.8 Å². The second-order valence-corrected chi connectivity index (χ2v) is 14.5. The number of rotatable bonds is 4. The number of carbonyl (C=O) groups is 4. The normalized spacial score (nSPS) is 23.0. The highest BCUT2D eigenvalue weighted by molar-refractivity contribution is 6.00. The standard InChI is InChI=1S/C38H50F2N8O6/c1-24(2)17-30-37(52)48-22-27(49)19-32(48)38(53)46(3)31(18-25-11-10-14-41-20-25)36(51)42-15-8-6-4-5-7-9-16-47-21-26(44-45-47)23-54-34-28(35(50)43-30)12-13-29(39)33(34)40/h10-14,20-21,24,27,30-32,49H,4-9,15-19,22-23H2,1-3H3,(H,42,51)(H,43,50)/t27-,30+,31-,32+/m0/s1. The van der Waals surface area contributed by atoms with Gasteiger partial charge in [0.2, 0.25) is 23.5 Å². The minimum absolute atomic E-state index is 0.0791. The fourth-order valence-corrected chi connectivity index (χ4v) is 6.90. The number of amides is 4. The van der Waals surface area contributed by atoms with Crippen LogP contribution in [-0.2, 0) is 34.0 Å². The number of hydrogen-bond acceptors (Lipinski definition) is 9. The Labute approximate surface area is 313 Å². The fraction of sp³-hybridized carbons (Fsp3) is 0.553. The number of aliphatic hydroxyl groups is 1. The summed E-state index contributed by atoms with van der Waals surface area (Å²) in [6.07, 6.45) is 9.43. The topological polar surface area (TPSA) is 172 Å². The highest BCUT2D eigenvalue weighted by Gasteiger charge is 2.44. The summed E-state index contributed by atoms with van der Waals surface area (Å²) < 4.78 is 36.9. The summed E-state index contributed by atoms with van der Waals surface area (Å²) in [6.45, 7) is 4.22. The van der Waals surface area contributed by atoms with Gasteiger partial charge in [-0.15, -0.1) is 5.10 Å². The van der Waals surface area contributed by atoms with Crippen LogP contribution in [0.5, 0.6) is 5.75 Å². The molecule has 2 aliphatic heterocycles. The van der Waals surface area contributed by atoms with Gasteiger partial charge in [0, 0.05) is 51.9 Å². The molecule has 0 aliphatic carbocycles. The number of aliphatic hydroxyl groups excluding tert-OH is 1. The zero-order chi connectivity index (χ0) is 38.8. The minimum Gasteiger partial charge on any atom is -0.483 e. The maximum atomic E-state index is 15.2. The first-order valence-corrected chi connectivity index (χ1v) is 18.6. The lowest BCUT2D eigenvalue weighted by molar-refractivity contribution is -0.147. The van der Waals surface area contributed by atoms with Gasteiger partial charge in [0.15, 0.2) is 11.6 Å². The Balaban J connectivity index is 1.45. The van der Waals surface area contributed by atoms with E-state index in [0.717, 1.165) is 56.2 Å². The van der Waals surface area contributed by atoms with Crippen LogP contribution in [0.1, 0.15) is 86.8 Å². The van der Waals surface area contributed by atoms with Gasteiger partial charge >= 0.3 is 0 Å². The molecule has 292 valence electrons. The van der Waals surface area contributed by atoms with E-state index < -0.39 is 59.3 Å². The molecular formula is C38H50F2N8O6. The molecule has 1 aromatic carbocycles. The monoisotopic (exact) mass is 752 g/mol. The van der Waals surface area contributed by atoms with Crippen molar-refractivity contribution in [1.82, 2.24) is 40.4 Å². The molecule has 2 aromatic heterocycles. The number of benzene rings is 1. The van der Waals surface area contributed by atoms with Crippen LogP contribution in [0, 0.1) is 17.6 Å². The number of hydrogen-bond donors (Lipinski definition) is 3. The van der Waals surface area contributed by atoms with Crippen molar-refractivity contribution in [3.05, 3.63) is 71.3 Å². The maximum Gasteiger partial charge on any atom is 0.255 e. The molecule has 2 aliphatic rings. The van der Waals surface area contributed by atoms with Crippen LogP contribution in [0.2, 0.25) is 0 Å². The predicted molar refractivity (Wildman–Crippen MR) is 193 cm³/mol. The summed E-state index contributed by atoms with van der Waals surface area (Å²) in [5.74, 6) is -5.83. The summed E-state index contributed by atoms with van der Waals surface area (Å²) in [5, 5.41) is 24.6. The van der Waals surface area contributed by atoms with Crippen molar-refractivity contribution in [2.75, 3.05) is 20.1 Å². The smallest absolute Gasteiger partial charge is 0.255 e. The third kappa shape index (κ3) is 10.4. The van der Waals surface area contributed by atoms with Crippen LogP contribution in [0.3, 0.4) is 0 Å². The molecular weight excluding hydrogens is 702 g/mol. The number of aromatic nitrogens is 4. The Morgan fingerprint density at radius 2 is 1.78 bits per heavy atom. The quantitative estimate of drug-likeness (QED) is 0.362. The van der Waals surface area contributed by atoms with Crippen LogP contribution in [0.25, 0.3) is 0 Å². The van der Waals surface area contributed by atoms with Crippen molar-refractivity contribution in [2.24, 2.45) is 5.92 Å². The average molecular weight is 753 g/mol. The molecule has 0 spiro atoms. The van der Waals surface area contributed by atoms with E-state index in [1.54, 1.807) is 29.3 Å². The van der Waals surface area contributed by atoms with E-state index in [1.165, 1.54) is 16.8 Å². The summed E-state index contributed by atoms with van der Waals surface area (Å²) in [5.41, 5.74) is 0.735. The Hall–Kier alpha value is -4.99. The molecule has 2 bridgehead atoms. The first-order valence-electron chi connectivity index (χ1n) is 18.6. The van der Waals surface area contributed by atoms with Gasteiger partial charge < -0.3 is 30.3 Å². The van der Waals surface area contributed by atoms with Crippen molar-refractivity contribution in [3.8, 4) is 5.75 Å². The summed E-state index contributed by atoms with van der Waals surface area (Å²) in [6, 6.07) is 2.14. The third-order valence-corrected chi connectivity index (χ3v) is 9.79. The number of aryl methyl sites for hydroxylation is 1. The predicted octanol–water partition coefficient (Wildman–Crippen LogP) is 3.18. The molecule has 16 heteroatoms.